The van der Waals surface area contributed by atoms with Gasteiger partial charge in [-0.05, 0) is 6.07 Å². The first kappa shape index (κ1) is 19.4. The van der Waals surface area contributed by atoms with Crippen LogP contribution in [0.1, 0.15) is 38.1 Å². The lowest BCUT2D eigenvalue weighted by Gasteiger charge is -2.36. The minimum Gasteiger partial charge on any atom is -0.496 e. The highest BCUT2D eigenvalue weighted by Crippen LogP contribution is 2.30. The van der Waals surface area contributed by atoms with Gasteiger partial charge in [0.1, 0.15) is 5.75 Å². The van der Waals surface area contributed by atoms with Crippen LogP contribution in [-0.2, 0) is 10.2 Å². The van der Waals surface area contributed by atoms with Crippen LogP contribution in [0.15, 0.2) is 34.9 Å². The summed E-state index contributed by atoms with van der Waals surface area (Å²) in [5.74, 6) is 1.10. The fourth-order valence-corrected chi connectivity index (χ4v) is 3.23. The zero-order chi connectivity index (χ0) is 19.4. The van der Waals surface area contributed by atoms with Crippen LogP contribution in [0.25, 0.3) is 0 Å². The normalized spacial score (nSPS) is 18.3. The van der Waals surface area contributed by atoms with Gasteiger partial charge in [-0.3, -0.25) is 15.0 Å². The molecule has 1 aliphatic heterocycles. The summed E-state index contributed by atoms with van der Waals surface area (Å²) >= 11 is 0. The minimum absolute atomic E-state index is 0.0699. The Labute approximate surface area is 160 Å². The SMILES string of the molecule is COc1ccccc1C1CNCCN1CC(=O)Nc1cc(C(C)(C)C)no1. The van der Waals surface area contributed by atoms with Crippen LogP contribution in [0.3, 0.4) is 0 Å². The highest BCUT2D eigenvalue weighted by atomic mass is 16.5. The Morgan fingerprint density at radius 3 is 2.89 bits per heavy atom. The molecule has 1 amide bonds. The highest BCUT2D eigenvalue weighted by Gasteiger charge is 2.28. The number of nitrogens with one attached hydrogen (secondary N) is 2. The smallest absolute Gasteiger partial charge is 0.240 e. The van der Waals surface area contributed by atoms with Gasteiger partial charge in [-0.15, -0.1) is 0 Å². The van der Waals surface area contributed by atoms with Crippen LogP contribution >= 0.6 is 0 Å². The van der Waals surface area contributed by atoms with Crippen molar-refractivity contribution in [3.63, 3.8) is 0 Å². The summed E-state index contributed by atoms with van der Waals surface area (Å²) in [6.07, 6.45) is 0. The van der Waals surface area contributed by atoms with E-state index in [0.717, 1.165) is 36.6 Å². The molecule has 1 aromatic carbocycles. The van der Waals surface area contributed by atoms with Crippen molar-refractivity contribution in [2.45, 2.75) is 32.2 Å². The second kappa shape index (κ2) is 8.10. The van der Waals surface area contributed by atoms with Gasteiger partial charge in [-0.1, -0.05) is 44.1 Å². The Kier molecular flexibility index (Phi) is 5.82. The second-order valence-electron chi connectivity index (χ2n) is 7.81. The largest absolute Gasteiger partial charge is 0.496 e. The predicted octanol–water partition coefficient (Wildman–Crippen LogP) is 2.57. The van der Waals surface area contributed by atoms with Crippen LogP contribution in [0.5, 0.6) is 5.75 Å². The Balaban J connectivity index is 1.69. The molecule has 7 nitrogen and oxygen atoms in total. The van der Waals surface area contributed by atoms with Crippen molar-refractivity contribution in [3.05, 3.63) is 41.6 Å². The second-order valence-corrected chi connectivity index (χ2v) is 7.81. The summed E-state index contributed by atoms with van der Waals surface area (Å²) < 4.78 is 10.8. The summed E-state index contributed by atoms with van der Waals surface area (Å²) in [4.78, 5) is 14.7. The number of amides is 1. The fraction of sp³-hybridized carbons (Fsp3) is 0.500. The minimum atomic E-state index is -0.125. The topological polar surface area (TPSA) is 79.6 Å². The molecule has 1 fully saturated rings. The molecule has 2 heterocycles. The van der Waals surface area contributed by atoms with Crippen molar-refractivity contribution in [2.24, 2.45) is 0 Å². The summed E-state index contributed by atoms with van der Waals surface area (Å²) in [6.45, 7) is 8.81. The number of rotatable bonds is 5. The first-order valence-corrected chi connectivity index (χ1v) is 9.23. The lowest BCUT2D eigenvalue weighted by Crippen LogP contribution is -2.48. The average molecular weight is 372 g/mol. The van der Waals surface area contributed by atoms with Crippen LogP contribution in [-0.4, -0.2) is 49.3 Å². The maximum Gasteiger partial charge on any atom is 0.240 e. The van der Waals surface area contributed by atoms with Crippen LogP contribution in [0.2, 0.25) is 0 Å². The van der Waals surface area contributed by atoms with E-state index in [1.54, 1.807) is 13.2 Å². The zero-order valence-corrected chi connectivity index (χ0v) is 16.4. The first-order valence-electron chi connectivity index (χ1n) is 9.23. The van der Waals surface area contributed by atoms with Crippen molar-refractivity contribution in [1.82, 2.24) is 15.4 Å². The van der Waals surface area contributed by atoms with E-state index < -0.39 is 0 Å². The molecule has 7 heteroatoms. The summed E-state index contributed by atoms with van der Waals surface area (Å²) in [6, 6.07) is 9.80. The summed E-state index contributed by atoms with van der Waals surface area (Å²) in [5.41, 5.74) is 1.77. The number of aromatic nitrogens is 1. The molecular weight excluding hydrogens is 344 g/mol. The Bertz CT molecular complexity index is 782. The lowest BCUT2D eigenvalue weighted by molar-refractivity contribution is -0.118. The van der Waals surface area contributed by atoms with Gasteiger partial charge < -0.3 is 14.6 Å². The van der Waals surface area contributed by atoms with Gasteiger partial charge in [0, 0.05) is 36.7 Å². The molecule has 0 bridgehead atoms. The van der Waals surface area contributed by atoms with Crippen LogP contribution in [0, 0.1) is 0 Å². The molecule has 3 rings (SSSR count). The summed E-state index contributed by atoms with van der Waals surface area (Å²) in [7, 11) is 1.67. The number of anilines is 1. The van der Waals surface area contributed by atoms with Crippen LogP contribution in [0.4, 0.5) is 5.88 Å². The number of hydrogen-bond acceptors (Lipinski definition) is 6. The molecule has 146 valence electrons. The molecule has 2 N–H and O–H groups in total. The number of carbonyl (C=O) groups is 1. The van der Waals surface area contributed by atoms with Crippen LogP contribution < -0.4 is 15.4 Å². The quantitative estimate of drug-likeness (QED) is 0.840. The third-order valence-corrected chi connectivity index (χ3v) is 4.74. The van der Waals surface area contributed by atoms with E-state index in [9.17, 15) is 4.79 Å². The number of piperazine rings is 1. The number of carbonyl (C=O) groups excluding carboxylic acids is 1. The lowest BCUT2D eigenvalue weighted by atomic mass is 9.92. The molecule has 1 saturated heterocycles. The number of hydrogen-bond donors (Lipinski definition) is 2. The highest BCUT2D eigenvalue weighted by molar-refractivity contribution is 5.91. The monoisotopic (exact) mass is 372 g/mol. The number of para-hydroxylation sites is 1. The van der Waals surface area contributed by atoms with Crippen molar-refractivity contribution >= 4 is 11.8 Å². The maximum absolute atomic E-state index is 12.6. The van der Waals surface area contributed by atoms with Gasteiger partial charge in [0.05, 0.1) is 25.4 Å². The van der Waals surface area contributed by atoms with Gasteiger partial charge in [0.2, 0.25) is 11.8 Å². The van der Waals surface area contributed by atoms with E-state index in [2.05, 4.69) is 41.5 Å². The van der Waals surface area contributed by atoms with Crippen molar-refractivity contribution in [3.8, 4) is 5.75 Å². The third-order valence-electron chi connectivity index (χ3n) is 4.74. The molecule has 27 heavy (non-hydrogen) atoms. The molecule has 0 saturated carbocycles. The number of methoxy groups -OCH3 is 1. The molecule has 0 spiro atoms. The zero-order valence-electron chi connectivity index (χ0n) is 16.4. The predicted molar refractivity (Wildman–Crippen MR) is 104 cm³/mol. The number of ether oxygens (including phenoxy) is 1. The van der Waals surface area contributed by atoms with E-state index in [-0.39, 0.29) is 23.9 Å². The first-order chi connectivity index (χ1) is 12.9. The van der Waals surface area contributed by atoms with E-state index in [0.29, 0.717) is 5.88 Å². The molecule has 1 atom stereocenters. The summed E-state index contributed by atoms with van der Waals surface area (Å²) in [5, 5.41) is 10.3. The molecular formula is C20H28N4O3. The number of nitrogens with zero attached hydrogens (tertiary/aromatic N) is 2. The average Bonchev–Trinajstić information content (AvgIpc) is 3.11. The molecule has 1 unspecified atom stereocenters. The fourth-order valence-electron chi connectivity index (χ4n) is 3.23. The molecule has 0 radical (unpaired) electrons. The van der Waals surface area contributed by atoms with Gasteiger partial charge in [-0.2, -0.15) is 0 Å². The van der Waals surface area contributed by atoms with E-state index in [1.807, 2.05) is 24.3 Å². The standard InChI is InChI=1S/C20H28N4O3/c1-20(2,3)17-11-19(27-23-17)22-18(25)13-24-10-9-21-12-15(24)14-7-5-6-8-16(14)26-4/h5-8,11,15,21H,9-10,12-13H2,1-4H3,(H,22,25). The maximum atomic E-state index is 12.6. The van der Waals surface area contributed by atoms with Crippen molar-refractivity contribution < 1.29 is 14.1 Å². The van der Waals surface area contributed by atoms with Gasteiger partial charge in [0.15, 0.2) is 0 Å². The van der Waals surface area contributed by atoms with Gasteiger partial charge in [-0.25, -0.2) is 0 Å². The number of benzene rings is 1. The molecule has 1 aliphatic rings. The van der Waals surface area contributed by atoms with Gasteiger partial charge >= 0.3 is 0 Å². The van der Waals surface area contributed by atoms with E-state index in [1.165, 1.54) is 0 Å². The van der Waals surface area contributed by atoms with Crippen molar-refractivity contribution in [1.29, 1.82) is 0 Å². The Morgan fingerprint density at radius 2 is 2.19 bits per heavy atom. The van der Waals surface area contributed by atoms with Crippen molar-refractivity contribution in [2.75, 3.05) is 38.6 Å². The Morgan fingerprint density at radius 1 is 1.41 bits per heavy atom. The van der Waals surface area contributed by atoms with E-state index in [4.69, 9.17) is 9.26 Å². The third kappa shape index (κ3) is 4.67. The van der Waals surface area contributed by atoms with E-state index >= 15 is 0 Å². The molecule has 1 aromatic heterocycles. The molecule has 0 aliphatic carbocycles. The molecule has 2 aromatic rings. The van der Waals surface area contributed by atoms with Gasteiger partial charge in [0.25, 0.3) is 0 Å². The Hall–Kier alpha value is -2.38.